The Balaban J connectivity index is 1.16. The molecular formula is C30H38BrN7O2. The van der Waals surface area contributed by atoms with Crippen molar-refractivity contribution >= 4 is 44.8 Å². The number of ether oxygens (including phenoxy) is 2. The van der Waals surface area contributed by atoms with Gasteiger partial charge in [-0.3, -0.25) is 4.90 Å². The van der Waals surface area contributed by atoms with E-state index in [0.29, 0.717) is 24.4 Å². The average molecular weight is 609 g/mol. The first-order valence-electron chi connectivity index (χ1n) is 14.2. The summed E-state index contributed by atoms with van der Waals surface area (Å²) >= 11 is 3.59. The van der Waals surface area contributed by atoms with Crippen LogP contribution in [0.5, 0.6) is 11.5 Å². The first kappa shape index (κ1) is 27.1. The van der Waals surface area contributed by atoms with E-state index in [-0.39, 0.29) is 0 Å². The van der Waals surface area contributed by atoms with Crippen LogP contribution in [0.1, 0.15) is 24.0 Å². The number of rotatable bonds is 7. The van der Waals surface area contributed by atoms with Crippen LogP contribution < -0.4 is 25.0 Å². The van der Waals surface area contributed by atoms with Gasteiger partial charge in [-0.05, 0) is 66.0 Å². The molecular weight excluding hydrogens is 570 g/mol. The summed E-state index contributed by atoms with van der Waals surface area (Å²) in [7, 11) is 3.93. The van der Waals surface area contributed by atoms with Crippen molar-refractivity contribution < 1.29 is 9.47 Å². The van der Waals surface area contributed by atoms with Gasteiger partial charge in [0.25, 0.3) is 0 Å². The summed E-state index contributed by atoms with van der Waals surface area (Å²) in [6.07, 6.45) is 5.07. The van der Waals surface area contributed by atoms with Crippen molar-refractivity contribution in [3.8, 4) is 11.5 Å². The van der Waals surface area contributed by atoms with Crippen LogP contribution in [0, 0.1) is 6.92 Å². The van der Waals surface area contributed by atoms with Gasteiger partial charge in [0.15, 0.2) is 0 Å². The van der Waals surface area contributed by atoms with Crippen molar-refractivity contribution in [1.82, 2.24) is 19.8 Å². The zero-order chi connectivity index (χ0) is 27.6. The third-order valence-electron chi connectivity index (χ3n) is 8.34. The highest BCUT2D eigenvalue weighted by molar-refractivity contribution is 9.10. The van der Waals surface area contributed by atoms with Crippen LogP contribution in [0.2, 0.25) is 0 Å². The first-order chi connectivity index (χ1) is 19.5. The molecule has 0 radical (unpaired) electrons. The molecule has 9 nitrogen and oxygen atoms in total. The molecule has 3 aromatic rings. The van der Waals surface area contributed by atoms with Crippen molar-refractivity contribution in [3.05, 3.63) is 52.1 Å². The van der Waals surface area contributed by atoms with E-state index in [1.165, 1.54) is 55.8 Å². The van der Waals surface area contributed by atoms with E-state index in [0.717, 1.165) is 46.9 Å². The number of benzene rings is 2. The second-order valence-electron chi connectivity index (χ2n) is 10.9. The number of halogens is 1. The van der Waals surface area contributed by atoms with Gasteiger partial charge in [0.2, 0.25) is 5.95 Å². The maximum absolute atomic E-state index is 5.85. The number of piperidine rings is 1. The molecule has 6 rings (SSSR count). The summed E-state index contributed by atoms with van der Waals surface area (Å²) in [5, 5.41) is 6.80. The molecule has 2 saturated heterocycles. The van der Waals surface area contributed by atoms with Crippen LogP contribution in [0.4, 0.5) is 28.8 Å². The number of para-hydroxylation sites is 1. The third-order valence-corrected chi connectivity index (χ3v) is 8.92. The molecule has 3 aliphatic rings. The number of nitrogens with one attached hydrogen (secondary N) is 2. The topological polar surface area (TPSA) is 78.0 Å². The zero-order valence-corrected chi connectivity index (χ0v) is 25.1. The Morgan fingerprint density at radius 3 is 2.60 bits per heavy atom. The number of methoxy groups -OCH3 is 1. The number of hydrogen-bond donors (Lipinski definition) is 2. The molecule has 2 aromatic carbocycles. The van der Waals surface area contributed by atoms with E-state index in [4.69, 9.17) is 14.5 Å². The van der Waals surface area contributed by atoms with Crippen LogP contribution in [-0.2, 0) is 6.42 Å². The zero-order valence-electron chi connectivity index (χ0n) is 23.5. The number of anilines is 5. The van der Waals surface area contributed by atoms with E-state index >= 15 is 0 Å². The number of likely N-dealkylation sites (N-methyl/N-ethyl adjacent to an activating group) is 1. The lowest BCUT2D eigenvalue weighted by Gasteiger charge is -2.43. The number of aryl methyl sites for hydroxylation is 1. The van der Waals surface area contributed by atoms with Crippen LogP contribution in [0.25, 0.3) is 0 Å². The minimum atomic E-state index is 0.484. The maximum atomic E-state index is 5.85. The molecule has 10 heteroatoms. The molecule has 1 aromatic heterocycles. The summed E-state index contributed by atoms with van der Waals surface area (Å²) in [5.74, 6) is 2.81. The average Bonchev–Trinajstić information content (AvgIpc) is 3.46. The van der Waals surface area contributed by atoms with Crippen LogP contribution >= 0.6 is 15.9 Å². The lowest BCUT2D eigenvalue weighted by molar-refractivity contribution is 0.0982. The summed E-state index contributed by atoms with van der Waals surface area (Å²) in [6, 6.07) is 11.1. The molecule has 2 fully saturated rings. The predicted octanol–water partition coefficient (Wildman–Crippen LogP) is 5.19. The van der Waals surface area contributed by atoms with Crippen molar-refractivity contribution in [2.75, 3.05) is 75.6 Å². The first-order valence-corrected chi connectivity index (χ1v) is 14.9. The highest BCUT2D eigenvalue weighted by Crippen LogP contribution is 2.38. The van der Waals surface area contributed by atoms with Crippen LogP contribution in [0.15, 0.2) is 41.0 Å². The fraction of sp³-hybridized carbons (Fsp3) is 0.467. The van der Waals surface area contributed by atoms with E-state index in [9.17, 15) is 0 Å². The predicted molar refractivity (Wildman–Crippen MR) is 164 cm³/mol. The number of fused-ring (bicyclic) bond motifs is 1. The largest absolute Gasteiger partial charge is 0.494 e. The molecule has 0 bridgehead atoms. The van der Waals surface area contributed by atoms with Crippen LogP contribution in [-0.4, -0.2) is 85.8 Å². The molecule has 2 N–H and O–H groups in total. The van der Waals surface area contributed by atoms with Crippen molar-refractivity contribution in [3.63, 3.8) is 0 Å². The summed E-state index contributed by atoms with van der Waals surface area (Å²) in [4.78, 5) is 16.9. The van der Waals surface area contributed by atoms with Gasteiger partial charge in [0.05, 0.1) is 29.6 Å². The van der Waals surface area contributed by atoms with Crippen LogP contribution in [0.3, 0.4) is 0 Å². The molecule has 3 aliphatic heterocycles. The van der Waals surface area contributed by atoms with Crippen molar-refractivity contribution in [2.45, 2.75) is 32.2 Å². The van der Waals surface area contributed by atoms with Gasteiger partial charge in [-0.2, -0.15) is 4.98 Å². The Morgan fingerprint density at radius 1 is 1.02 bits per heavy atom. The second-order valence-corrected chi connectivity index (χ2v) is 11.8. The minimum absolute atomic E-state index is 0.484. The third kappa shape index (κ3) is 5.70. The highest BCUT2D eigenvalue weighted by atomic mass is 79.9. The van der Waals surface area contributed by atoms with Crippen molar-refractivity contribution in [2.24, 2.45) is 0 Å². The lowest BCUT2D eigenvalue weighted by atomic mass is 10.0. The number of nitrogens with zero attached hydrogens (tertiary/aromatic N) is 5. The van der Waals surface area contributed by atoms with E-state index < -0.39 is 0 Å². The Bertz CT molecular complexity index is 1350. The Morgan fingerprint density at radius 2 is 1.82 bits per heavy atom. The minimum Gasteiger partial charge on any atom is -0.494 e. The van der Waals surface area contributed by atoms with Gasteiger partial charge >= 0.3 is 0 Å². The fourth-order valence-electron chi connectivity index (χ4n) is 6.02. The molecule has 0 aliphatic carbocycles. The standard InChI is InChI=1S/C30H38BrN7O2/c1-20-17-25(27(39-3)18-26(20)38-10-7-22(8-11-38)37-14-12-36(2)13-15-37)34-30-32-19-23(31)29(35-30)33-24-6-4-5-21-9-16-40-28(21)24/h4-6,17-19,22H,7-16H2,1-3H3,(H2,32,33,34,35). The Hall–Kier alpha value is -3.08. The van der Waals surface area contributed by atoms with E-state index in [2.05, 4.69) is 78.4 Å². The Kier molecular flexibility index (Phi) is 8.00. The van der Waals surface area contributed by atoms with Gasteiger partial charge < -0.3 is 29.9 Å². The van der Waals surface area contributed by atoms with Gasteiger partial charge in [-0.25, -0.2) is 4.98 Å². The van der Waals surface area contributed by atoms with E-state index in [1.54, 1.807) is 13.3 Å². The molecule has 0 spiro atoms. The molecule has 0 unspecified atom stereocenters. The quantitative estimate of drug-likeness (QED) is 0.377. The highest BCUT2D eigenvalue weighted by Gasteiger charge is 2.28. The summed E-state index contributed by atoms with van der Waals surface area (Å²) in [6.45, 7) is 9.71. The summed E-state index contributed by atoms with van der Waals surface area (Å²) < 4.78 is 12.5. The molecule has 0 amide bonds. The normalized spacial score (nSPS) is 18.4. The van der Waals surface area contributed by atoms with Gasteiger partial charge in [-0.15, -0.1) is 0 Å². The maximum Gasteiger partial charge on any atom is 0.229 e. The monoisotopic (exact) mass is 607 g/mol. The van der Waals surface area contributed by atoms with E-state index in [1.807, 2.05) is 12.1 Å². The second kappa shape index (κ2) is 11.8. The lowest BCUT2D eigenvalue weighted by Crippen LogP contribution is -2.52. The molecule has 40 heavy (non-hydrogen) atoms. The Labute approximate surface area is 245 Å². The number of piperazine rings is 1. The smallest absolute Gasteiger partial charge is 0.229 e. The number of hydrogen-bond acceptors (Lipinski definition) is 9. The van der Waals surface area contributed by atoms with Gasteiger partial charge in [0.1, 0.15) is 17.3 Å². The van der Waals surface area contributed by atoms with Gasteiger partial charge in [-0.1, -0.05) is 12.1 Å². The van der Waals surface area contributed by atoms with Gasteiger partial charge in [0, 0.05) is 69.7 Å². The summed E-state index contributed by atoms with van der Waals surface area (Å²) in [5.41, 5.74) is 5.38. The fourth-order valence-corrected chi connectivity index (χ4v) is 6.31. The van der Waals surface area contributed by atoms with Crippen molar-refractivity contribution in [1.29, 1.82) is 0 Å². The SMILES string of the molecule is COc1cc(N2CCC(N3CCN(C)CC3)CC2)c(C)cc1Nc1ncc(Br)c(Nc2cccc3c2OCC3)n1. The molecule has 0 atom stereocenters. The molecule has 0 saturated carbocycles. The molecule has 212 valence electrons. The molecule has 4 heterocycles. The number of aromatic nitrogens is 2.